The number of aromatic nitrogens is 1. The van der Waals surface area contributed by atoms with Crippen LogP contribution in [0.1, 0.15) is 27.9 Å². The molecule has 1 aromatic heterocycles. The van der Waals surface area contributed by atoms with Crippen molar-refractivity contribution < 1.29 is 18.8 Å². The number of halogens is 1. The van der Waals surface area contributed by atoms with E-state index in [4.69, 9.17) is 0 Å². The van der Waals surface area contributed by atoms with Crippen molar-refractivity contribution in [1.82, 2.24) is 25.2 Å². The highest BCUT2D eigenvalue weighted by atomic mass is 19.1. The molecule has 10 nitrogen and oxygen atoms in total. The Morgan fingerprint density at radius 3 is 2.48 bits per heavy atom. The average Bonchev–Trinajstić information content (AvgIpc) is 3.12. The number of hydrazine groups is 1. The van der Waals surface area contributed by atoms with E-state index in [1.807, 2.05) is 17.0 Å². The van der Waals surface area contributed by atoms with Gasteiger partial charge in [-0.2, -0.15) is 4.39 Å². The highest BCUT2D eigenvalue weighted by Crippen LogP contribution is 2.27. The summed E-state index contributed by atoms with van der Waals surface area (Å²) < 4.78 is 14.1. The predicted octanol–water partition coefficient (Wildman–Crippen LogP) is 0.649. The molecule has 0 atom stereocenters. The topological polar surface area (TPSA) is 109 Å². The SMILES string of the molecule is O=C1CCN(N2Cc3cc(CN4CCN(c5cc[nH]c(=O)c5F)CC4)ccc3C2=O)C(=O)N1. The minimum Gasteiger partial charge on any atom is -0.366 e. The monoisotopic (exact) mass is 454 g/mol. The molecule has 1 aromatic carbocycles. The number of carbonyl (C=O) groups is 3. The molecule has 0 bridgehead atoms. The largest absolute Gasteiger partial charge is 0.366 e. The summed E-state index contributed by atoms with van der Waals surface area (Å²) in [5.41, 5.74) is 2.03. The molecule has 0 spiro atoms. The Morgan fingerprint density at radius 2 is 1.73 bits per heavy atom. The molecule has 0 saturated carbocycles. The highest BCUT2D eigenvalue weighted by Gasteiger charge is 2.37. The Hall–Kier alpha value is -3.73. The van der Waals surface area contributed by atoms with Gasteiger partial charge in [-0.3, -0.25) is 24.6 Å². The molecule has 2 N–H and O–H groups in total. The third kappa shape index (κ3) is 3.95. The predicted molar refractivity (Wildman–Crippen MR) is 116 cm³/mol. The Bertz CT molecular complexity index is 1190. The van der Waals surface area contributed by atoms with Crippen molar-refractivity contribution in [2.24, 2.45) is 0 Å². The number of imide groups is 1. The van der Waals surface area contributed by atoms with Crippen LogP contribution in [-0.4, -0.2) is 70.5 Å². The van der Waals surface area contributed by atoms with Crippen LogP contribution >= 0.6 is 0 Å². The van der Waals surface area contributed by atoms with Crippen molar-refractivity contribution in [2.75, 3.05) is 37.6 Å². The number of pyridine rings is 1. The van der Waals surface area contributed by atoms with E-state index in [-0.39, 0.29) is 31.3 Å². The number of fused-ring (bicyclic) bond motifs is 1. The van der Waals surface area contributed by atoms with Gasteiger partial charge in [0.1, 0.15) is 0 Å². The number of nitrogens with zero attached hydrogens (tertiary/aromatic N) is 4. The van der Waals surface area contributed by atoms with Crippen LogP contribution in [0.5, 0.6) is 0 Å². The number of hydrogen-bond donors (Lipinski definition) is 2. The third-order valence-corrected chi connectivity index (χ3v) is 6.28. The lowest BCUT2D eigenvalue weighted by Crippen LogP contribution is -2.56. The fraction of sp³-hybridized carbons (Fsp3) is 0.364. The Morgan fingerprint density at radius 1 is 0.939 bits per heavy atom. The number of carbonyl (C=O) groups excluding carboxylic acids is 3. The van der Waals surface area contributed by atoms with Crippen molar-refractivity contribution in [1.29, 1.82) is 0 Å². The molecule has 33 heavy (non-hydrogen) atoms. The summed E-state index contributed by atoms with van der Waals surface area (Å²) in [6, 6.07) is 6.66. The van der Waals surface area contributed by atoms with Crippen LogP contribution in [0.3, 0.4) is 0 Å². The van der Waals surface area contributed by atoms with Gasteiger partial charge in [-0.15, -0.1) is 0 Å². The number of amides is 4. The number of urea groups is 1. The summed E-state index contributed by atoms with van der Waals surface area (Å²) in [6.45, 7) is 3.73. The minimum atomic E-state index is -0.759. The van der Waals surface area contributed by atoms with Crippen LogP contribution < -0.4 is 15.8 Å². The molecule has 3 aliphatic heterocycles. The van der Waals surface area contributed by atoms with Gasteiger partial charge in [0.15, 0.2) is 0 Å². The molecule has 0 unspecified atom stereocenters. The lowest BCUT2D eigenvalue weighted by atomic mass is 10.1. The van der Waals surface area contributed by atoms with Gasteiger partial charge in [0.25, 0.3) is 11.5 Å². The fourth-order valence-corrected chi connectivity index (χ4v) is 4.54. The number of benzene rings is 1. The molecule has 172 valence electrons. The molecule has 4 heterocycles. The van der Waals surface area contributed by atoms with Gasteiger partial charge in [-0.1, -0.05) is 12.1 Å². The van der Waals surface area contributed by atoms with Crippen LogP contribution in [0.25, 0.3) is 0 Å². The molecule has 4 amide bonds. The van der Waals surface area contributed by atoms with Crippen molar-refractivity contribution in [3.8, 4) is 0 Å². The second-order valence-corrected chi connectivity index (χ2v) is 8.35. The van der Waals surface area contributed by atoms with E-state index in [0.717, 1.165) is 11.1 Å². The lowest BCUT2D eigenvalue weighted by molar-refractivity contribution is -0.123. The maximum atomic E-state index is 14.1. The summed E-state index contributed by atoms with van der Waals surface area (Å²) in [5, 5.41) is 4.91. The van der Waals surface area contributed by atoms with Crippen LogP contribution in [0, 0.1) is 5.82 Å². The molecular formula is C22H23FN6O4. The first-order chi connectivity index (χ1) is 15.9. The summed E-state index contributed by atoms with van der Waals surface area (Å²) in [7, 11) is 0. The van der Waals surface area contributed by atoms with E-state index in [2.05, 4.69) is 15.2 Å². The van der Waals surface area contributed by atoms with Crippen LogP contribution in [-0.2, 0) is 17.9 Å². The second-order valence-electron chi connectivity index (χ2n) is 8.35. The van der Waals surface area contributed by atoms with Crippen LogP contribution in [0.2, 0.25) is 0 Å². The fourth-order valence-electron chi connectivity index (χ4n) is 4.54. The van der Waals surface area contributed by atoms with E-state index >= 15 is 0 Å². The smallest absolute Gasteiger partial charge is 0.342 e. The number of nitrogens with one attached hydrogen (secondary N) is 2. The van der Waals surface area contributed by atoms with E-state index in [1.165, 1.54) is 16.2 Å². The summed E-state index contributed by atoms with van der Waals surface area (Å²) in [5.74, 6) is -1.36. The number of piperazine rings is 1. The van der Waals surface area contributed by atoms with Gasteiger partial charge in [0.2, 0.25) is 11.7 Å². The zero-order chi connectivity index (χ0) is 23.1. The van der Waals surface area contributed by atoms with Gasteiger partial charge < -0.3 is 9.88 Å². The number of anilines is 1. The second kappa shape index (κ2) is 8.32. The number of H-pyrrole nitrogens is 1. The summed E-state index contributed by atoms with van der Waals surface area (Å²) in [4.78, 5) is 54.3. The summed E-state index contributed by atoms with van der Waals surface area (Å²) >= 11 is 0. The minimum absolute atomic E-state index is 0.157. The van der Waals surface area contributed by atoms with E-state index in [0.29, 0.717) is 44.0 Å². The molecule has 2 fully saturated rings. The number of rotatable bonds is 4. The normalized spacial score (nSPS) is 19.2. The molecular weight excluding hydrogens is 431 g/mol. The standard InChI is InChI=1S/C22H23FN6O4/c23-19-17(3-5-24-20(19)31)27-9-7-26(8-10-27)12-14-1-2-16-15(11-14)13-29(21(16)32)28-6-4-18(30)25-22(28)33/h1-3,5,11H,4,6-10,12-13H2,(H,24,31)(H,25,30,33). The molecule has 11 heteroatoms. The Labute approximate surface area is 188 Å². The average molecular weight is 454 g/mol. The van der Waals surface area contributed by atoms with Gasteiger partial charge in [0.05, 0.1) is 18.8 Å². The van der Waals surface area contributed by atoms with E-state index < -0.39 is 17.4 Å². The molecule has 0 radical (unpaired) electrons. The number of aromatic amines is 1. The molecule has 2 saturated heterocycles. The zero-order valence-corrected chi connectivity index (χ0v) is 17.8. The third-order valence-electron chi connectivity index (χ3n) is 6.28. The Kier molecular flexibility index (Phi) is 5.33. The first kappa shape index (κ1) is 21.1. The van der Waals surface area contributed by atoms with Gasteiger partial charge in [-0.25, -0.2) is 14.8 Å². The van der Waals surface area contributed by atoms with Gasteiger partial charge in [-0.05, 0) is 23.3 Å². The zero-order valence-electron chi connectivity index (χ0n) is 17.8. The van der Waals surface area contributed by atoms with Gasteiger partial charge in [0, 0.05) is 50.9 Å². The van der Waals surface area contributed by atoms with Crippen LogP contribution in [0.4, 0.5) is 14.9 Å². The quantitative estimate of drug-likeness (QED) is 0.702. The number of hydrogen-bond acceptors (Lipinski definition) is 6. The van der Waals surface area contributed by atoms with Crippen molar-refractivity contribution >= 4 is 23.5 Å². The van der Waals surface area contributed by atoms with Gasteiger partial charge >= 0.3 is 6.03 Å². The van der Waals surface area contributed by atoms with Crippen molar-refractivity contribution in [3.63, 3.8) is 0 Å². The lowest BCUT2D eigenvalue weighted by Gasteiger charge is -2.36. The first-order valence-corrected chi connectivity index (χ1v) is 10.8. The first-order valence-electron chi connectivity index (χ1n) is 10.8. The van der Waals surface area contributed by atoms with E-state index in [9.17, 15) is 23.6 Å². The van der Waals surface area contributed by atoms with Crippen LogP contribution in [0.15, 0.2) is 35.3 Å². The Balaban J connectivity index is 1.22. The highest BCUT2D eigenvalue weighted by molar-refractivity contribution is 6.01. The molecule has 5 rings (SSSR count). The maximum Gasteiger partial charge on any atom is 0.342 e. The molecule has 3 aliphatic rings. The molecule has 2 aromatic rings. The summed E-state index contributed by atoms with van der Waals surface area (Å²) in [6.07, 6.45) is 1.61. The van der Waals surface area contributed by atoms with E-state index in [1.54, 1.807) is 12.1 Å². The van der Waals surface area contributed by atoms with Crippen molar-refractivity contribution in [3.05, 3.63) is 63.3 Å². The molecule has 0 aliphatic carbocycles. The maximum absolute atomic E-state index is 14.1. The van der Waals surface area contributed by atoms with Crippen molar-refractivity contribution in [2.45, 2.75) is 19.5 Å².